The van der Waals surface area contributed by atoms with Gasteiger partial charge in [0.15, 0.2) is 0 Å². The number of rotatable bonds is 1. The summed E-state index contributed by atoms with van der Waals surface area (Å²) in [5, 5.41) is 20.9. The van der Waals surface area contributed by atoms with Gasteiger partial charge in [-0.2, -0.15) is 5.26 Å². The molecule has 0 fully saturated rings. The van der Waals surface area contributed by atoms with Crippen LogP contribution in [0.1, 0.15) is 5.56 Å². The summed E-state index contributed by atoms with van der Waals surface area (Å²) < 4.78 is 0.796. The van der Waals surface area contributed by atoms with Crippen LogP contribution in [0.3, 0.4) is 0 Å². The summed E-state index contributed by atoms with van der Waals surface area (Å²) in [4.78, 5) is 0. The Bertz CT molecular complexity index is 525. The van der Waals surface area contributed by atoms with Crippen LogP contribution in [0.15, 0.2) is 17.5 Å². The second-order valence-corrected chi connectivity index (χ2v) is 3.89. The number of fused-ring (bicyclic) bond motifs is 1. The lowest BCUT2D eigenvalue weighted by molar-refractivity contribution is 0.483. The predicted octanol–water partition coefficient (Wildman–Crippen LogP) is 2.26. The molecule has 70 valence electrons. The second-order valence-electron chi connectivity index (χ2n) is 3.01. The molecule has 2 rings (SSSR count). The van der Waals surface area contributed by atoms with E-state index in [0.717, 1.165) is 15.6 Å². The SMILES string of the molecule is N#CCc1csc2c(O)cc(N)cc12. The lowest BCUT2D eigenvalue weighted by atomic mass is 10.1. The Morgan fingerprint density at radius 3 is 3.00 bits per heavy atom. The number of nitrogen functional groups attached to an aromatic ring is 1. The summed E-state index contributed by atoms with van der Waals surface area (Å²) >= 11 is 1.43. The Balaban J connectivity index is 2.73. The van der Waals surface area contributed by atoms with Gasteiger partial charge in [0.2, 0.25) is 0 Å². The Hall–Kier alpha value is -1.73. The van der Waals surface area contributed by atoms with Gasteiger partial charge >= 0.3 is 0 Å². The predicted molar refractivity (Wildman–Crippen MR) is 57.2 cm³/mol. The van der Waals surface area contributed by atoms with Crippen molar-refractivity contribution in [1.82, 2.24) is 0 Å². The quantitative estimate of drug-likeness (QED) is 0.700. The molecule has 1 aromatic carbocycles. The van der Waals surface area contributed by atoms with Gasteiger partial charge in [-0.15, -0.1) is 11.3 Å². The highest BCUT2D eigenvalue weighted by atomic mass is 32.1. The number of phenols is 1. The molecule has 3 nitrogen and oxygen atoms in total. The van der Waals surface area contributed by atoms with Gasteiger partial charge in [-0.05, 0) is 17.0 Å². The van der Waals surface area contributed by atoms with Gasteiger partial charge in [-0.3, -0.25) is 0 Å². The zero-order chi connectivity index (χ0) is 10.1. The third-order valence-corrected chi connectivity index (χ3v) is 3.09. The molecule has 0 aliphatic heterocycles. The standard InChI is InChI=1S/C10H8N2OS/c11-2-1-6-5-14-10-8(6)3-7(12)4-9(10)13/h3-5,13H,1,12H2. The monoisotopic (exact) mass is 204 g/mol. The van der Waals surface area contributed by atoms with E-state index in [2.05, 4.69) is 6.07 Å². The maximum absolute atomic E-state index is 9.58. The van der Waals surface area contributed by atoms with Crippen molar-refractivity contribution >= 4 is 27.1 Å². The van der Waals surface area contributed by atoms with Gasteiger partial charge < -0.3 is 10.8 Å². The highest BCUT2D eigenvalue weighted by Gasteiger charge is 2.08. The number of nitrogens with zero attached hydrogens (tertiary/aromatic N) is 1. The first-order chi connectivity index (χ1) is 6.72. The fourth-order valence-corrected chi connectivity index (χ4v) is 2.38. The molecular weight excluding hydrogens is 196 g/mol. The van der Waals surface area contributed by atoms with E-state index in [4.69, 9.17) is 11.0 Å². The smallest absolute Gasteiger partial charge is 0.135 e. The Morgan fingerprint density at radius 2 is 2.29 bits per heavy atom. The average molecular weight is 204 g/mol. The minimum Gasteiger partial charge on any atom is -0.506 e. The number of anilines is 1. The molecule has 3 N–H and O–H groups in total. The van der Waals surface area contributed by atoms with E-state index in [9.17, 15) is 5.11 Å². The number of benzene rings is 1. The van der Waals surface area contributed by atoms with Crippen molar-refractivity contribution in [3.63, 3.8) is 0 Å². The molecule has 0 aliphatic carbocycles. The topological polar surface area (TPSA) is 70.0 Å². The third-order valence-electron chi connectivity index (χ3n) is 2.03. The highest BCUT2D eigenvalue weighted by Crippen LogP contribution is 2.35. The Morgan fingerprint density at radius 1 is 1.50 bits per heavy atom. The van der Waals surface area contributed by atoms with E-state index in [1.165, 1.54) is 17.4 Å². The number of phenolic OH excluding ortho intramolecular Hbond substituents is 1. The number of hydrogen-bond donors (Lipinski definition) is 2. The van der Waals surface area contributed by atoms with E-state index < -0.39 is 0 Å². The van der Waals surface area contributed by atoms with Crippen LogP contribution >= 0.6 is 11.3 Å². The molecule has 0 unspecified atom stereocenters. The number of hydrogen-bond acceptors (Lipinski definition) is 4. The highest BCUT2D eigenvalue weighted by molar-refractivity contribution is 7.17. The first kappa shape index (κ1) is 8.85. The van der Waals surface area contributed by atoms with E-state index in [1.54, 1.807) is 6.07 Å². The number of nitriles is 1. The van der Waals surface area contributed by atoms with Crippen molar-refractivity contribution < 1.29 is 5.11 Å². The van der Waals surface area contributed by atoms with Gasteiger partial charge in [0.1, 0.15) is 5.75 Å². The molecule has 2 aromatic rings. The van der Waals surface area contributed by atoms with Crippen LogP contribution < -0.4 is 5.73 Å². The second kappa shape index (κ2) is 3.20. The van der Waals surface area contributed by atoms with Crippen molar-refractivity contribution in [2.75, 3.05) is 5.73 Å². The third kappa shape index (κ3) is 1.28. The normalized spacial score (nSPS) is 10.2. The van der Waals surface area contributed by atoms with Crippen LogP contribution in [0, 0.1) is 11.3 Å². The lowest BCUT2D eigenvalue weighted by Gasteiger charge is -1.98. The Labute approximate surface area is 85.0 Å². The fraction of sp³-hybridized carbons (Fsp3) is 0.100. The van der Waals surface area contributed by atoms with Crippen LogP contribution in [0.4, 0.5) is 5.69 Å². The van der Waals surface area contributed by atoms with Gasteiger partial charge in [-0.1, -0.05) is 0 Å². The van der Waals surface area contributed by atoms with Crippen LogP contribution in [-0.4, -0.2) is 5.11 Å². The molecule has 1 aromatic heterocycles. The van der Waals surface area contributed by atoms with E-state index >= 15 is 0 Å². The molecule has 0 radical (unpaired) electrons. The molecule has 1 heterocycles. The maximum atomic E-state index is 9.58. The van der Waals surface area contributed by atoms with Crippen LogP contribution in [-0.2, 0) is 6.42 Å². The molecule has 0 aliphatic rings. The van der Waals surface area contributed by atoms with Crippen molar-refractivity contribution in [3.05, 3.63) is 23.1 Å². The molecule has 4 heteroatoms. The zero-order valence-corrected chi connectivity index (χ0v) is 8.14. The van der Waals surface area contributed by atoms with E-state index in [0.29, 0.717) is 12.1 Å². The average Bonchev–Trinajstić information content (AvgIpc) is 2.49. The van der Waals surface area contributed by atoms with E-state index in [-0.39, 0.29) is 5.75 Å². The first-order valence-corrected chi connectivity index (χ1v) is 4.96. The molecule has 0 bridgehead atoms. The number of aromatic hydroxyl groups is 1. The molecule has 0 saturated carbocycles. The summed E-state index contributed by atoms with van der Waals surface area (Å²) in [6, 6.07) is 5.40. The van der Waals surface area contributed by atoms with E-state index in [1.807, 2.05) is 5.38 Å². The van der Waals surface area contributed by atoms with Crippen molar-refractivity contribution in [3.8, 4) is 11.8 Å². The van der Waals surface area contributed by atoms with Gasteiger partial charge in [-0.25, -0.2) is 0 Å². The summed E-state index contributed by atoms with van der Waals surface area (Å²) in [7, 11) is 0. The minimum absolute atomic E-state index is 0.189. The maximum Gasteiger partial charge on any atom is 0.135 e. The van der Waals surface area contributed by atoms with Crippen LogP contribution in [0.25, 0.3) is 10.1 Å². The van der Waals surface area contributed by atoms with Gasteiger partial charge in [0.05, 0.1) is 17.2 Å². The largest absolute Gasteiger partial charge is 0.506 e. The molecule has 14 heavy (non-hydrogen) atoms. The summed E-state index contributed by atoms with van der Waals surface area (Å²) in [5.41, 5.74) is 7.06. The molecule has 0 spiro atoms. The minimum atomic E-state index is 0.189. The first-order valence-electron chi connectivity index (χ1n) is 4.08. The Kier molecular flexibility index (Phi) is 2.02. The number of nitrogens with two attached hydrogens (primary N) is 1. The molecule has 0 saturated heterocycles. The summed E-state index contributed by atoms with van der Waals surface area (Å²) in [6.45, 7) is 0. The molecule has 0 atom stereocenters. The van der Waals surface area contributed by atoms with Crippen molar-refractivity contribution in [2.45, 2.75) is 6.42 Å². The van der Waals surface area contributed by atoms with Gasteiger partial charge in [0, 0.05) is 17.1 Å². The summed E-state index contributed by atoms with van der Waals surface area (Å²) in [6.07, 6.45) is 0.350. The van der Waals surface area contributed by atoms with Gasteiger partial charge in [0.25, 0.3) is 0 Å². The van der Waals surface area contributed by atoms with Crippen molar-refractivity contribution in [2.24, 2.45) is 0 Å². The zero-order valence-electron chi connectivity index (χ0n) is 7.32. The fourth-order valence-electron chi connectivity index (χ4n) is 1.41. The van der Waals surface area contributed by atoms with Crippen LogP contribution in [0.5, 0.6) is 5.75 Å². The molecular formula is C10H8N2OS. The number of thiophene rings is 1. The summed E-state index contributed by atoms with van der Waals surface area (Å²) in [5.74, 6) is 0.189. The molecule has 0 amide bonds. The van der Waals surface area contributed by atoms with Crippen molar-refractivity contribution in [1.29, 1.82) is 5.26 Å². The van der Waals surface area contributed by atoms with Crippen LogP contribution in [0.2, 0.25) is 0 Å². The lowest BCUT2D eigenvalue weighted by Crippen LogP contribution is -1.84.